The molecule has 2 aromatic rings. The lowest BCUT2D eigenvalue weighted by atomic mass is 9.87. The highest BCUT2D eigenvalue weighted by atomic mass is 16.6. The molecule has 1 aromatic heterocycles. The fourth-order valence-corrected chi connectivity index (χ4v) is 4.58. The first-order valence-electron chi connectivity index (χ1n) is 11.5. The number of fused-ring (bicyclic) bond motifs is 1. The second kappa shape index (κ2) is 8.91. The van der Waals surface area contributed by atoms with E-state index in [-0.39, 0.29) is 6.10 Å². The Morgan fingerprint density at radius 1 is 0.968 bits per heavy atom. The molecule has 1 atom stereocenters. The molecule has 0 spiro atoms. The Morgan fingerprint density at radius 3 is 2.55 bits per heavy atom. The number of aromatic nitrogens is 2. The lowest BCUT2D eigenvalue weighted by molar-refractivity contribution is 0.138. The predicted molar refractivity (Wildman–Crippen MR) is 118 cm³/mol. The largest absolute Gasteiger partial charge is 0.486 e. The van der Waals surface area contributed by atoms with Crippen LogP contribution in [0.25, 0.3) is 11.1 Å². The average Bonchev–Trinajstić information content (AvgIpc) is 3.28. The van der Waals surface area contributed by atoms with E-state index in [0.717, 1.165) is 60.1 Å². The van der Waals surface area contributed by atoms with Gasteiger partial charge in [0.2, 0.25) is 11.8 Å². The van der Waals surface area contributed by atoms with Crippen molar-refractivity contribution in [3.63, 3.8) is 0 Å². The van der Waals surface area contributed by atoms with Crippen LogP contribution in [0.5, 0.6) is 17.4 Å². The third kappa shape index (κ3) is 4.56. The second-order valence-electron chi connectivity index (χ2n) is 8.88. The third-order valence-corrected chi connectivity index (χ3v) is 6.40. The van der Waals surface area contributed by atoms with E-state index < -0.39 is 0 Å². The minimum Gasteiger partial charge on any atom is -0.486 e. The summed E-state index contributed by atoms with van der Waals surface area (Å²) in [5.74, 6) is 3.57. The van der Waals surface area contributed by atoms with E-state index in [1.54, 1.807) is 0 Å². The number of benzene rings is 1. The van der Waals surface area contributed by atoms with E-state index in [0.29, 0.717) is 37.7 Å². The summed E-state index contributed by atoms with van der Waals surface area (Å²) in [6, 6.07) is 6.38. The Balaban J connectivity index is 1.47. The van der Waals surface area contributed by atoms with Crippen LogP contribution in [-0.4, -0.2) is 48.5 Å². The molecule has 2 fully saturated rings. The molecule has 1 aromatic carbocycles. The minimum absolute atomic E-state index is 0.00800. The van der Waals surface area contributed by atoms with Gasteiger partial charge in [-0.1, -0.05) is 13.0 Å². The summed E-state index contributed by atoms with van der Waals surface area (Å²) in [5, 5.41) is 3.56. The van der Waals surface area contributed by atoms with E-state index in [1.165, 1.54) is 12.8 Å². The van der Waals surface area contributed by atoms with Gasteiger partial charge in [-0.2, -0.15) is 4.98 Å². The number of ether oxygens (including phenoxy) is 4. The Kier molecular flexibility index (Phi) is 5.85. The molecule has 5 rings (SSSR count). The molecule has 7 nitrogen and oxygen atoms in total. The first-order chi connectivity index (χ1) is 15.2. The fourth-order valence-electron chi connectivity index (χ4n) is 4.58. The summed E-state index contributed by atoms with van der Waals surface area (Å²) >= 11 is 0. The molecular formula is C24H31N3O4. The van der Waals surface area contributed by atoms with Crippen molar-refractivity contribution >= 4 is 5.95 Å². The van der Waals surface area contributed by atoms with Gasteiger partial charge >= 0.3 is 0 Å². The van der Waals surface area contributed by atoms with Crippen molar-refractivity contribution in [3.8, 4) is 28.5 Å². The van der Waals surface area contributed by atoms with Crippen molar-refractivity contribution in [2.45, 2.75) is 58.1 Å². The zero-order valence-electron chi connectivity index (χ0n) is 18.4. The van der Waals surface area contributed by atoms with Crippen LogP contribution in [0, 0.1) is 12.8 Å². The molecule has 3 heterocycles. The smallest absolute Gasteiger partial charge is 0.226 e. The zero-order valence-corrected chi connectivity index (χ0v) is 18.4. The Morgan fingerprint density at radius 2 is 1.77 bits per heavy atom. The molecule has 2 aliphatic heterocycles. The minimum atomic E-state index is 0.00800. The van der Waals surface area contributed by atoms with Gasteiger partial charge in [-0.25, -0.2) is 4.98 Å². The van der Waals surface area contributed by atoms with Crippen LogP contribution >= 0.6 is 0 Å². The molecule has 1 aliphatic carbocycles. The molecule has 7 heteroatoms. The first kappa shape index (κ1) is 20.4. The van der Waals surface area contributed by atoms with Crippen LogP contribution < -0.4 is 19.5 Å². The van der Waals surface area contributed by atoms with Crippen LogP contribution in [0.15, 0.2) is 18.2 Å². The van der Waals surface area contributed by atoms with Gasteiger partial charge in [0, 0.05) is 12.5 Å². The molecule has 0 unspecified atom stereocenters. The van der Waals surface area contributed by atoms with Crippen LogP contribution in [0.1, 0.15) is 44.7 Å². The fraction of sp³-hybridized carbons (Fsp3) is 0.583. The maximum absolute atomic E-state index is 6.34. The Labute approximate surface area is 183 Å². The molecule has 166 valence electrons. The van der Waals surface area contributed by atoms with E-state index in [1.807, 2.05) is 25.1 Å². The van der Waals surface area contributed by atoms with Gasteiger partial charge in [0.1, 0.15) is 19.3 Å². The molecule has 0 bridgehead atoms. The lowest BCUT2D eigenvalue weighted by Gasteiger charge is -2.27. The Bertz CT molecular complexity index is 921. The SMILES string of the molecule is Cc1nc(N[C@H]2CC[C@H](C)CC2)nc(O[C@@H]2CCOC2)c1-c1ccc2c(c1)OCCO2. The number of anilines is 1. The van der Waals surface area contributed by atoms with Crippen molar-refractivity contribution < 1.29 is 18.9 Å². The summed E-state index contributed by atoms with van der Waals surface area (Å²) in [5.41, 5.74) is 2.74. The van der Waals surface area contributed by atoms with E-state index in [9.17, 15) is 0 Å². The highest BCUT2D eigenvalue weighted by Crippen LogP contribution is 2.39. The van der Waals surface area contributed by atoms with Crippen LogP contribution in [-0.2, 0) is 4.74 Å². The molecule has 1 saturated heterocycles. The second-order valence-corrected chi connectivity index (χ2v) is 8.88. The quantitative estimate of drug-likeness (QED) is 0.762. The number of nitrogens with zero attached hydrogens (tertiary/aromatic N) is 2. The molecule has 0 radical (unpaired) electrons. The van der Waals surface area contributed by atoms with Gasteiger partial charge in [-0.3, -0.25) is 0 Å². The number of aryl methyl sites for hydroxylation is 1. The normalized spacial score (nSPS) is 25.3. The van der Waals surface area contributed by atoms with Crippen molar-refractivity contribution in [2.75, 3.05) is 31.7 Å². The predicted octanol–water partition coefficient (Wildman–Crippen LogP) is 4.38. The molecule has 1 saturated carbocycles. The van der Waals surface area contributed by atoms with Gasteiger partial charge < -0.3 is 24.3 Å². The standard InChI is InChI=1S/C24H31N3O4/c1-15-3-6-18(7-4-15)26-24-25-16(2)22(23(27-24)31-19-9-10-28-14-19)17-5-8-20-21(13-17)30-12-11-29-20/h5,8,13,15,18-19H,3-4,6-7,9-12,14H2,1-2H3,(H,25,26,27)/t15-,18-,19-/m1/s1. The van der Waals surface area contributed by atoms with Gasteiger partial charge in [-0.15, -0.1) is 0 Å². The van der Waals surface area contributed by atoms with Crippen molar-refractivity contribution in [1.82, 2.24) is 9.97 Å². The summed E-state index contributed by atoms with van der Waals surface area (Å²) in [7, 11) is 0. The molecule has 3 aliphatic rings. The van der Waals surface area contributed by atoms with Crippen LogP contribution in [0.4, 0.5) is 5.95 Å². The van der Waals surface area contributed by atoms with Crippen LogP contribution in [0.3, 0.4) is 0 Å². The zero-order chi connectivity index (χ0) is 21.2. The number of nitrogens with one attached hydrogen (secondary N) is 1. The third-order valence-electron chi connectivity index (χ3n) is 6.40. The molecule has 1 N–H and O–H groups in total. The van der Waals surface area contributed by atoms with E-state index in [4.69, 9.17) is 28.9 Å². The van der Waals surface area contributed by atoms with Crippen molar-refractivity contribution in [3.05, 3.63) is 23.9 Å². The molecule has 31 heavy (non-hydrogen) atoms. The average molecular weight is 426 g/mol. The van der Waals surface area contributed by atoms with Gasteiger partial charge in [-0.05, 0) is 56.2 Å². The molecular weight excluding hydrogens is 394 g/mol. The Hall–Kier alpha value is -2.54. The van der Waals surface area contributed by atoms with Crippen molar-refractivity contribution in [1.29, 1.82) is 0 Å². The summed E-state index contributed by atoms with van der Waals surface area (Å²) in [4.78, 5) is 9.63. The topological polar surface area (TPSA) is 74.7 Å². The highest BCUT2D eigenvalue weighted by Gasteiger charge is 2.25. The first-order valence-corrected chi connectivity index (χ1v) is 11.5. The van der Waals surface area contributed by atoms with Gasteiger partial charge in [0.15, 0.2) is 11.5 Å². The number of hydrogen-bond donors (Lipinski definition) is 1. The monoisotopic (exact) mass is 425 g/mol. The van der Waals surface area contributed by atoms with Crippen LogP contribution in [0.2, 0.25) is 0 Å². The number of rotatable bonds is 5. The number of hydrogen-bond acceptors (Lipinski definition) is 7. The van der Waals surface area contributed by atoms with Gasteiger partial charge in [0.25, 0.3) is 0 Å². The van der Waals surface area contributed by atoms with Gasteiger partial charge in [0.05, 0.1) is 24.5 Å². The van der Waals surface area contributed by atoms with Crippen molar-refractivity contribution in [2.24, 2.45) is 5.92 Å². The summed E-state index contributed by atoms with van der Waals surface area (Å²) in [6.45, 7) is 6.78. The summed E-state index contributed by atoms with van der Waals surface area (Å²) < 4.78 is 23.3. The maximum Gasteiger partial charge on any atom is 0.226 e. The molecule has 0 amide bonds. The summed E-state index contributed by atoms with van der Waals surface area (Å²) in [6.07, 6.45) is 5.67. The maximum atomic E-state index is 6.34. The lowest BCUT2D eigenvalue weighted by Crippen LogP contribution is -2.26. The highest BCUT2D eigenvalue weighted by molar-refractivity contribution is 5.74. The van der Waals surface area contributed by atoms with E-state index >= 15 is 0 Å². The van der Waals surface area contributed by atoms with E-state index in [2.05, 4.69) is 12.2 Å².